The van der Waals surface area contributed by atoms with Crippen LogP contribution in [0.5, 0.6) is 5.75 Å². The van der Waals surface area contributed by atoms with Crippen molar-refractivity contribution in [1.29, 1.82) is 5.26 Å². The molecule has 0 aromatic heterocycles. The second-order valence-corrected chi connectivity index (χ2v) is 4.96. The number of rotatable bonds is 4. The summed E-state index contributed by atoms with van der Waals surface area (Å²) < 4.78 is 20.0. The molecule has 106 valence electrons. The minimum Gasteiger partial charge on any atom is -0.487 e. The molecule has 0 amide bonds. The van der Waals surface area contributed by atoms with E-state index in [4.69, 9.17) is 10.00 Å². The summed E-state index contributed by atoms with van der Waals surface area (Å²) in [4.78, 5) is 9.87. The van der Waals surface area contributed by atoms with Gasteiger partial charge in [0.25, 0.3) is 0 Å². The second kappa shape index (κ2) is 6.33. The summed E-state index contributed by atoms with van der Waals surface area (Å²) in [5, 5.41) is 19.7. The molecule has 0 saturated heterocycles. The van der Waals surface area contributed by atoms with E-state index in [1.807, 2.05) is 6.07 Å². The van der Waals surface area contributed by atoms with Crippen molar-refractivity contribution in [2.24, 2.45) is 0 Å². The highest BCUT2D eigenvalue weighted by atomic mass is 79.9. The molecule has 0 saturated carbocycles. The van der Waals surface area contributed by atoms with Gasteiger partial charge in [-0.1, -0.05) is 28.1 Å². The summed E-state index contributed by atoms with van der Waals surface area (Å²) in [6, 6.07) is 10.6. The smallest absolute Gasteiger partial charge is 0.305 e. The number of halogens is 2. The minimum atomic E-state index is -0.932. The van der Waals surface area contributed by atoms with Crippen LogP contribution in [0.25, 0.3) is 0 Å². The van der Waals surface area contributed by atoms with E-state index in [0.29, 0.717) is 4.47 Å². The van der Waals surface area contributed by atoms with Gasteiger partial charge in [0.1, 0.15) is 18.4 Å². The molecule has 0 aliphatic rings. The maximum atomic E-state index is 13.9. The average Bonchev–Trinajstić information content (AvgIpc) is 2.46. The molecule has 0 radical (unpaired) electrons. The van der Waals surface area contributed by atoms with Gasteiger partial charge in [-0.15, -0.1) is 0 Å². The van der Waals surface area contributed by atoms with Gasteiger partial charge in [0.05, 0.1) is 10.5 Å². The first-order valence-electron chi connectivity index (χ1n) is 5.77. The predicted molar refractivity (Wildman–Crippen MR) is 76.2 cm³/mol. The normalized spacial score (nSPS) is 9.95. The molecule has 0 aliphatic carbocycles. The van der Waals surface area contributed by atoms with E-state index in [1.54, 1.807) is 18.2 Å². The zero-order valence-electron chi connectivity index (χ0n) is 10.5. The number of nitro benzene ring substituents is 1. The zero-order valence-corrected chi connectivity index (χ0v) is 12.1. The van der Waals surface area contributed by atoms with Crippen LogP contribution in [0, 0.1) is 27.3 Å². The van der Waals surface area contributed by atoms with Gasteiger partial charge in [0.15, 0.2) is 0 Å². The van der Waals surface area contributed by atoms with Crippen LogP contribution in [0.3, 0.4) is 0 Å². The maximum absolute atomic E-state index is 13.9. The lowest BCUT2D eigenvalue weighted by atomic mass is 10.2. The van der Waals surface area contributed by atoms with Crippen LogP contribution in [-0.4, -0.2) is 4.92 Å². The van der Waals surface area contributed by atoms with Gasteiger partial charge in [0.2, 0.25) is 5.82 Å². The number of nitriles is 1. The van der Waals surface area contributed by atoms with Gasteiger partial charge in [-0.05, 0) is 18.2 Å². The Labute approximate surface area is 127 Å². The molecule has 0 heterocycles. The summed E-state index contributed by atoms with van der Waals surface area (Å²) in [6.45, 7) is -0.205. The Hall–Kier alpha value is -2.46. The molecule has 2 rings (SSSR count). The van der Waals surface area contributed by atoms with Crippen molar-refractivity contribution in [1.82, 2.24) is 0 Å². The first kappa shape index (κ1) is 14.9. The molecule has 2 aromatic rings. The minimum absolute atomic E-state index is 0.0519. The van der Waals surface area contributed by atoms with Crippen molar-refractivity contribution in [3.05, 3.63) is 67.9 Å². The monoisotopic (exact) mass is 350 g/mol. The van der Waals surface area contributed by atoms with Crippen LogP contribution in [0.2, 0.25) is 0 Å². The number of hydrogen-bond donors (Lipinski definition) is 0. The molecule has 7 heteroatoms. The fraction of sp³-hybridized carbons (Fsp3) is 0.0714. The second-order valence-electron chi connectivity index (χ2n) is 4.05. The molecule has 0 bridgehead atoms. The van der Waals surface area contributed by atoms with Crippen molar-refractivity contribution >= 4 is 21.6 Å². The van der Waals surface area contributed by atoms with Gasteiger partial charge in [-0.2, -0.15) is 9.65 Å². The highest BCUT2D eigenvalue weighted by Crippen LogP contribution is 2.25. The summed E-state index contributed by atoms with van der Waals surface area (Å²) >= 11 is 3.23. The first-order chi connectivity index (χ1) is 10.0. The van der Waals surface area contributed by atoms with Crippen LogP contribution in [0.15, 0.2) is 40.9 Å². The summed E-state index contributed by atoms with van der Waals surface area (Å²) in [6.07, 6.45) is 0. The fourth-order valence-corrected chi connectivity index (χ4v) is 2.05. The third-order valence-corrected chi connectivity index (χ3v) is 3.19. The molecule has 0 atom stereocenters. The lowest BCUT2D eigenvalue weighted by Gasteiger charge is -2.09. The zero-order chi connectivity index (χ0) is 15.4. The average molecular weight is 351 g/mol. The Morgan fingerprint density at radius 2 is 2.14 bits per heavy atom. The fourth-order valence-electron chi connectivity index (χ4n) is 1.69. The predicted octanol–water partition coefficient (Wildman–Crippen LogP) is 3.95. The van der Waals surface area contributed by atoms with Gasteiger partial charge < -0.3 is 4.74 Å². The van der Waals surface area contributed by atoms with E-state index in [1.165, 1.54) is 12.1 Å². The highest BCUT2D eigenvalue weighted by molar-refractivity contribution is 9.10. The number of nitrogens with zero attached hydrogens (tertiary/aromatic N) is 2. The third-order valence-electron chi connectivity index (χ3n) is 2.70. The summed E-state index contributed by atoms with van der Waals surface area (Å²) in [7, 11) is 0. The third kappa shape index (κ3) is 3.35. The number of ether oxygens (including phenoxy) is 1. The number of benzene rings is 2. The van der Waals surface area contributed by atoms with E-state index < -0.39 is 16.4 Å². The molecule has 0 aliphatic heterocycles. The molecular formula is C14H8BrFN2O3. The molecular weight excluding hydrogens is 343 g/mol. The molecule has 0 unspecified atom stereocenters. The van der Waals surface area contributed by atoms with Crippen molar-refractivity contribution < 1.29 is 14.1 Å². The molecule has 2 aromatic carbocycles. The van der Waals surface area contributed by atoms with Crippen molar-refractivity contribution in [3.8, 4) is 11.8 Å². The van der Waals surface area contributed by atoms with Gasteiger partial charge in [-0.25, -0.2) is 0 Å². The van der Waals surface area contributed by atoms with E-state index in [-0.39, 0.29) is 23.5 Å². The van der Waals surface area contributed by atoms with Crippen molar-refractivity contribution in [2.45, 2.75) is 6.61 Å². The van der Waals surface area contributed by atoms with E-state index in [9.17, 15) is 14.5 Å². The molecule has 21 heavy (non-hydrogen) atoms. The Bertz CT molecular complexity index is 743. The van der Waals surface area contributed by atoms with Crippen molar-refractivity contribution in [2.75, 3.05) is 0 Å². The van der Waals surface area contributed by atoms with Gasteiger partial charge >= 0.3 is 5.69 Å². The van der Waals surface area contributed by atoms with Crippen LogP contribution < -0.4 is 4.74 Å². The molecule has 0 N–H and O–H groups in total. The first-order valence-corrected chi connectivity index (χ1v) is 6.56. The highest BCUT2D eigenvalue weighted by Gasteiger charge is 2.17. The largest absolute Gasteiger partial charge is 0.487 e. The van der Waals surface area contributed by atoms with Crippen LogP contribution in [-0.2, 0) is 6.61 Å². The van der Waals surface area contributed by atoms with E-state index in [2.05, 4.69) is 15.9 Å². The lowest BCUT2D eigenvalue weighted by molar-refractivity contribution is -0.387. The van der Waals surface area contributed by atoms with Crippen LogP contribution in [0.4, 0.5) is 10.1 Å². The Balaban J connectivity index is 2.23. The Kier molecular flexibility index (Phi) is 4.50. The lowest BCUT2D eigenvalue weighted by Crippen LogP contribution is -2.02. The quantitative estimate of drug-likeness (QED) is 0.617. The summed E-state index contributed by atoms with van der Waals surface area (Å²) in [5.41, 5.74) is -0.265. The van der Waals surface area contributed by atoms with E-state index >= 15 is 0 Å². The van der Waals surface area contributed by atoms with Gasteiger partial charge in [0, 0.05) is 16.1 Å². The van der Waals surface area contributed by atoms with Gasteiger partial charge in [-0.3, -0.25) is 10.1 Å². The van der Waals surface area contributed by atoms with Crippen molar-refractivity contribution in [3.63, 3.8) is 0 Å². The van der Waals surface area contributed by atoms with Crippen LogP contribution in [0.1, 0.15) is 11.1 Å². The number of nitro groups is 1. The molecule has 5 nitrogen and oxygen atoms in total. The Morgan fingerprint density at radius 3 is 2.81 bits per heavy atom. The SMILES string of the molecule is N#Cc1cc(Br)ccc1OCc1cccc([N+](=O)[O-])c1F. The summed E-state index contributed by atoms with van der Waals surface area (Å²) in [5.74, 6) is -0.648. The molecule has 0 spiro atoms. The maximum Gasteiger partial charge on any atom is 0.305 e. The Morgan fingerprint density at radius 1 is 1.38 bits per heavy atom. The topological polar surface area (TPSA) is 76.2 Å². The van der Waals surface area contributed by atoms with Crippen LogP contribution >= 0.6 is 15.9 Å². The van der Waals surface area contributed by atoms with E-state index in [0.717, 1.165) is 6.07 Å². The number of hydrogen-bond acceptors (Lipinski definition) is 4. The molecule has 0 fully saturated rings. The standard InChI is InChI=1S/C14H8BrFN2O3/c15-11-4-5-13(10(6-11)7-17)21-8-9-2-1-3-12(14(9)16)18(19)20/h1-6H,8H2.